The molecule has 384 valence electrons. The molecule has 3 unspecified atom stereocenters. The maximum absolute atomic E-state index is 12.5. The van der Waals surface area contributed by atoms with E-state index >= 15 is 0 Å². The number of carbonyl (C=O) groups is 1. The number of hydrogen-bond donors (Lipinski definition) is 4. The maximum atomic E-state index is 12.5. The molecule has 1 amide bonds. The molecule has 0 aromatic rings. The third kappa shape index (κ3) is 50.3. The van der Waals surface area contributed by atoms with Gasteiger partial charge in [0, 0.05) is 6.42 Å². The molecule has 0 aromatic heterocycles. The van der Waals surface area contributed by atoms with E-state index in [1.807, 2.05) is 0 Å². The number of aliphatic hydroxyl groups is 3. The first-order valence-electron chi connectivity index (χ1n) is 29.3. The highest BCUT2D eigenvalue weighted by atomic mass is 16.3. The van der Waals surface area contributed by atoms with Gasteiger partial charge < -0.3 is 20.6 Å². The molecule has 0 saturated heterocycles. The van der Waals surface area contributed by atoms with Crippen molar-refractivity contribution in [3.8, 4) is 0 Å². The van der Waals surface area contributed by atoms with Gasteiger partial charge >= 0.3 is 0 Å². The lowest BCUT2D eigenvalue weighted by molar-refractivity contribution is -0.124. The Balaban J connectivity index is 3.43. The van der Waals surface area contributed by atoms with Gasteiger partial charge in [-0.1, -0.05) is 269 Å². The predicted octanol–water partition coefficient (Wildman–Crippen LogP) is 18.2. The van der Waals surface area contributed by atoms with E-state index in [1.54, 1.807) is 0 Å². The second-order valence-corrected chi connectivity index (χ2v) is 20.2. The molecule has 5 heteroatoms. The lowest BCUT2D eigenvalue weighted by atomic mass is 10.0. The normalized spacial score (nSPS) is 13.5. The van der Waals surface area contributed by atoms with Crippen molar-refractivity contribution >= 4 is 5.91 Å². The fourth-order valence-electron chi connectivity index (χ4n) is 9.18. The first-order chi connectivity index (χ1) is 32.1. The summed E-state index contributed by atoms with van der Waals surface area (Å²) in [4.78, 5) is 12.5. The number of unbranched alkanes of at least 4 members (excludes halogenated alkanes) is 40. The minimum Gasteiger partial charge on any atom is -0.394 e. The summed E-state index contributed by atoms with van der Waals surface area (Å²) in [6, 6.07) is -0.831. The number of aliphatic hydroxyl groups excluding tert-OH is 3. The Bertz CT molecular complexity index is 1010. The van der Waals surface area contributed by atoms with Crippen LogP contribution in [0.3, 0.4) is 0 Å². The Labute approximate surface area is 406 Å². The zero-order valence-corrected chi connectivity index (χ0v) is 43.9. The summed E-state index contributed by atoms with van der Waals surface area (Å²) in [5, 5.41) is 33.5. The molecule has 5 nitrogen and oxygen atoms in total. The fraction of sp³-hybridized carbons (Fsp3) is 0.883. The zero-order chi connectivity index (χ0) is 47.2. The quantitative estimate of drug-likeness (QED) is 0.0361. The van der Waals surface area contributed by atoms with E-state index in [1.165, 1.54) is 244 Å². The molecule has 4 N–H and O–H groups in total. The van der Waals surface area contributed by atoms with E-state index in [0.717, 1.165) is 44.9 Å². The van der Waals surface area contributed by atoms with Gasteiger partial charge in [-0.15, -0.1) is 0 Å². The fourth-order valence-corrected chi connectivity index (χ4v) is 9.18. The van der Waals surface area contributed by atoms with Gasteiger partial charge in [0.1, 0.15) is 6.10 Å². The number of hydrogen-bond acceptors (Lipinski definition) is 4. The number of nitrogens with one attached hydrogen (secondary N) is 1. The van der Waals surface area contributed by atoms with Crippen LogP contribution in [-0.2, 0) is 4.79 Å². The van der Waals surface area contributed by atoms with Gasteiger partial charge in [0.2, 0.25) is 5.91 Å². The molecule has 65 heavy (non-hydrogen) atoms. The van der Waals surface area contributed by atoms with Gasteiger partial charge in [0.25, 0.3) is 0 Å². The first kappa shape index (κ1) is 63.6. The van der Waals surface area contributed by atoms with E-state index in [4.69, 9.17) is 0 Å². The first-order valence-corrected chi connectivity index (χ1v) is 29.3. The van der Waals surface area contributed by atoms with Crippen molar-refractivity contribution in [1.82, 2.24) is 5.32 Å². The van der Waals surface area contributed by atoms with Crippen LogP contribution >= 0.6 is 0 Å². The molecule has 0 radical (unpaired) electrons. The van der Waals surface area contributed by atoms with Crippen LogP contribution in [0.25, 0.3) is 0 Å². The van der Waals surface area contributed by atoms with Gasteiger partial charge in [0.15, 0.2) is 0 Å². The van der Waals surface area contributed by atoms with Crippen LogP contribution in [0.5, 0.6) is 0 Å². The van der Waals surface area contributed by atoms with Crippen molar-refractivity contribution in [2.24, 2.45) is 0 Å². The van der Waals surface area contributed by atoms with E-state index in [9.17, 15) is 20.1 Å². The number of allylic oxidation sites excluding steroid dienone is 6. The second kappa shape index (κ2) is 55.2. The Morgan fingerprint density at radius 1 is 0.369 bits per heavy atom. The van der Waals surface area contributed by atoms with Crippen LogP contribution in [0, 0.1) is 0 Å². The van der Waals surface area contributed by atoms with Crippen LogP contribution in [-0.4, -0.2) is 46.1 Å². The van der Waals surface area contributed by atoms with Gasteiger partial charge in [-0.3, -0.25) is 4.79 Å². The summed E-state index contributed by atoms with van der Waals surface area (Å²) >= 11 is 0. The van der Waals surface area contributed by atoms with Crippen molar-refractivity contribution in [3.63, 3.8) is 0 Å². The summed E-state index contributed by atoms with van der Waals surface area (Å²) < 4.78 is 0. The SMILES string of the molecule is CCCCC/C=C/CC/C=C/CCCC(O)C(O)C(CO)NC(=O)CCCCCCCCCCCCCCCCCCC/C=C\CCCCCCCCCCCCCCCCCCCC. The van der Waals surface area contributed by atoms with Gasteiger partial charge in [-0.2, -0.15) is 0 Å². The Morgan fingerprint density at radius 3 is 0.969 bits per heavy atom. The minimum absolute atomic E-state index is 0.156. The molecule has 0 aromatic carbocycles. The zero-order valence-electron chi connectivity index (χ0n) is 43.9. The van der Waals surface area contributed by atoms with Gasteiger partial charge in [-0.25, -0.2) is 0 Å². The third-order valence-electron chi connectivity index (χ3n) is 13.7. The highest BCUT2D eigenvalue weighted by Gasteiger charge is 2.26. The molecule has 0 spiro atoms. The molecule has 0 aliphatic carbocycles. The summed E-state index contributed by atoms with van der Waals surface area (Å²) in [6.45, 7) is 4.15. The monoisotopic (exact) mass is 914 g/mol. The van der Waals surface area contributed by atoms with E-state index in [-0.39, 0.29) is 12.5 Å². The molecule has 0 heterocycles. The third-order valence-corrected chi connectivity index (χ3v) is 13.7. The van der Waals surface area contributed by atoms with E-state index < -0.39 is 18.2 Å². The van der Waals surface area contributed by atoms with Crippen LogP contribution in [0.1, 0.15) is 316 Å². The summed E-state index contributed by atoms with van der Waals surface area (Å²) in [7, 11) is 0. The molecular formula is C60H115NO4. The van der Waals surface area contributed by atoms with Crippen molar-refractivity contribution < 1.29 is 20.1 Å². The molecule has 0 rings (SSSR count). The largest absolute Gasteiger partial charge is 0.394 e. The number of amides is 1. The Morgan fingerprint density at radius 2 is 0.631 bits per heavy atom. The second-order valence-electron chi connectivity index (χ2n) is 20.2. The average Bonchev–Trinajstić information content (AvgIpc) is 3.31. The maximum Gasteiger partial charge on any atom is 0.220 e. The van der Waals surface area contributed by atoms with E-state index in [2.05, 4.69) is 55.6 Å². The summed E-state index contributed by atoms with van der Waals surface area (Å²) in [6.07, 6.45) is 72.0. The standard InChI is InChI=1S/C60H115NO4/c1-3-5-7-9-11-13-15-17-18-19-20-21-22-23-24-25-26-27-28-29-30-31-32-33-34-35-36-37-38-39-40-41-42-43-45-47-49-51-53-55-59(64)61-57(56-62)60(65)58(63)54-52-50-48-46-44-16-14-12-10-8-6-4-2/h12,14,29-30,46,48,57-58,60,62-63,65H,3-11,13,15-28,31-45,47,49-56H2,1-2H3,(H,61,64)/b14-12+,30-29-,48-46+. The predicted molar refractivity (Wildman–Crippen MR) is 287 cm³/mol. The van der Waals surface area contributed by atoms with Gasteiger partial charge in [-0.05, 0) is 77.0 Å². The highest BCUT2D eigenvalue weighted by Crippen LogP contribution is 2.18. The molecule has 0 saturated carbocycles. The summed E-state index contributed by atoms with van der Waals surface area (Å²) in [5.41, 5.74) is 0. The van der Waals surface area contributed by atoms with Crippen LogP contribution in [0.4, 0.5) is 0 Å². The lowest BCUT2D eigenvalue weighted by Gasteiger charge is -2.26. The Kier molecular flexibility index (Phi) is 54.0. The van der Waals surface area contributed by atoms with Crippen LogP contribution in [0.15, 0.2) is 36.5 Å². The van der Waals surface area contributed by atoms with Crippen molar-refractivity contribution in [2.75, 3.05) is 6.61 Å². The number of rotatable bonds is 54. The van der Waals surface area contributed by atoms with Crippen molar-refractivity contribution in [2.45, 2.75) is 334 Å². The molecule has 0 bridgehead atoms. The molecular weight excluding hydrogens is 799 g/mol. The minimum atomic E-state index is -1.17. The van der Waals surface area contributed by atoms with Crippen LogP contribution < -0.4 is 5.32 Å². The summed E-state index contributed by atoms with van der Waals surface area (Å²) in [5.74, 6) is -0.156. The molecule has 3 atom stereocenters. The smallest absolute Gasteiger partial charge is 0.220 e. The van der Waals surface area contributed by atoms with Crippen molar-refractivity contribution in [3.05, 3.63) is 36.5 Å². The molecule has 0 fully saturated rings. The topological polar surface area (TPSA) is 89.8 Å². The molecule has 0 aliphatic rings. The molecule has 0 aliphatic heterocycles. The van der Waals surface area contributed by atoms with E-state index in [0.29, 0.717) is 12.8 Å². The Hall–Kier alpha value is -1.43. The van der Waals surface area contributed by atoms with Crippen LogP contribution in [0.2, 0.25) is 0 Å². The lowest BCUT2D eigenvalue weighted by Crippen LogP contribution is -2.50. The van der Waals surface area contributed by atoms with Crippen molar-refractivity contribution in [1.29, 1.82) is 0 Å². The highest BCUT2D eigenvalue weighted by molar-refractivity contribution is 5.76. The van der Waals surface area contributed by atoms with Gasteiger partial charge in [0.05, 0.1) is 18.8 Å². The average molecular weight is 915 g/mol. The number of carbonyl (C=O) groups excluding carboxylic acids is 1.